The van der Waals surface area contributed by atoms with E-state index in [0.717, 1.165) is 82.6 Å². The number of piperazine rings is 1. The number of nitrogens with zero attached hydrogens (tertiary/aromatic N) is 6. The topological polar surface area (TPSA) is 138 Å². The smallest absolute Gasteiger partial charge is 0.409 e. The molecular weight excluding hydrogens is 838 g/mol. The zero-order valence-corrected chi connectivity index (χ0v) is 35.5. The number of phenols is 1. The number of para-hydroxylation sites is 1. The molecular formula is C39H55Br2N7O7. The van der Waals surface area contributed by atoms with E-state index in [1.807, 2.05) is 47.1 Å². The molecule has 0 aromatic heterocycles. The van der Waals surface area contributed by atoms with Crippen LogP contribution in [0, 0.1) is 5.92 Å². The van der Waals surface area contributed by atoms with E-state index < -0.39 is 0 Å². The molecule has 0 bridgehead atoms. The molecule has 16 heteroatoms. The van der Waals surface area contributed by atoms with Crippen LogP contribution in [0.4, 0.5) is 15.3 Å². The molecule has 1 atom stereocenters. The van der Waals surface area contributed by atoms with Crippen LogP contribution < -0.4 is 5.32 Å². The van der Waals surface area contributed by atoms with E-state index in [0.29, 0.717) is 47.6 Å². The number of phenolic OH excluding ortho intramolecular Hbond substituents is 1. The molecule has 3 fully saturated rings. The Morgan fingerprint density at radius 3 is 2.13 bits per heavy atom. The summed E-state index contributed by atoms with van der Waals surface area (Å²) >= 11 is 6.72. The van der Waals surface area contributed by atoms with E-state index in [9.17, 15) is 24.3 Å². The average molecular weight is 894 g/mol. The molecule has 6 rings (SSSR count). The van der Waals surface area contributed by atoms with Crippen LogP contribution >= 0.6 is 31.9 Å². The van der Waals surface area contributed by atoms with Crippen molar-refractivity contribution in [2.45, 2.75) is 57.5 Å². The molecule has 0 unspecified atom stereocenters. The number of piperidine rings is 2. The molecule has 3 saturated heterocycles. The van der Waals surface area contributed by atoms with Gasteiger partial charge >= 0.3 is 12.1 Å². The number of carbonyl (C=O) groups is 4. The summed E-state index contributed by atoms with van der Waals surface area (Å²) in [5.74, 6) is 0.217. The SMILES string of the molecule is COC(=O)N1CCC(N2CCc3ccccc3NC2=O)CC1.CON(C)C(=O)CN1CCC(N2CCN(C(=O)[C@H](C)Cc3cc(Br)c(O)c(Br)c3)CC2)CC1. The van der Waals surface area contributed by atoms with Crippen molar-refractivity contribution in [2.24, 2.45) is 5.92 Å². The molecule has 2 aromatic rings. The summed E-state index contributed by atoms with van der Waals surface area (Å²) in [6, 6.07) is 12.3. The molecule has 0 aliphatic carbocycles. The van der Waals surface area contributed by atoms with Crippen molar-refractivity contribution in [1.82, 2.24) is 29.6 Å². The number of hydrogen-bond donors (Lipinski definition) is 2. The number of halogens is 2. The number of fused-ring (bicyclic) bond motifs is 1. The van der Waals surface area contributed by atoms with Gasteiger partial charge in [-0.1, -0.05) is 25.1 Å². The zero-order valence-electron chi connectivity index (χ0n) is 32.3. The van der Waals surface area contributed by atoms with Crippen LogP contribution in [0.3, 0.4) is 0 Å². The molecule has 2 N–H and O–H groups in total. The zero-order chi connectivity index (χ0) is 39.6. The molecule has 5 amide bonds. The molecule has 0 spiro atoms. The van der Waals surface area contributed by atoms with Crippen molar-refractivity contribution in [3.8, 4) is 5.75 Å². The number of likely N-dealkylation sites (tertiary alicyclic amines) is 2. The van der Waals surface area contributed by atoms with Gasteiger partial charge in [0.05, 0.1) is 29.7 Å². The summed E-state index contributed by atoms with van der Waals surface area (Å²) in [5, 5.41) is 14.2. The van der Waals surface area contributed by atoms with Gasteiger partial charge in [0.25, 0.3) is 5.91 Å². The maximum atomic E-state index is 13.0. The van der Waals surface area contributed by atoms with Gasteiger partial charge in [-0.2, -0.15) is 0 Å². The monoisotopic (exact) mass is 891 g/mol. The van der Waals surface area contributed by atoms with Crippen molar-refractivity contribution < 1.29 is 33.9 Å². The molecule has 0 radical (unpaired) electrons. The van der Waals surface area contributed by atoms with Gasteiger partial charge < -0.3 is 29.9 Å². The number of amides is 5. The van der Waals surface area contributed by atoms with Crippen LogP contribution in [0.15, 0.2) is 45.3 Å². The number of ether oxygens (including phenoxy) is 1. The number of hydrogen-bond acceptors (Lipinski definition) is 9. The normalized spacial score (nSPS) is 19.4. The van der Waals surface area contributed by atoms with Crippen molar-refractivity contribution >= 4 is 61.5 Å². The third-order valence-corrected chi connectivity index (χ3v) is 12.4. The summed E-state index contributed by atoms with van der Waals surface area (Å²) in [6.45, 7) is 9.45. The molecule has 2 aromatic carbocycles. The molecule has 14 nitrogen and oxygen atoms in total. The molecule has 4 aliphatic heterocycles. The molecule has 4 heterocycles. The third kappa shape index (κ3) is 11.3. The van der Waals surface area contributed by atoms with Crippen LogP contribution in [0.2, 0.25) is 0 Å². The Balaban J connectivity index is 0.000000228. The summed E-state index contributed by atoms with van der Waals surface area (Å²) in [7, 11) is 4.54. The predicted molar refractivity (Wildman–Crippen MR) is 217 cm³/mol. The Labute approximate surface area is 341 Å². The predicted octanol–water partition coefficient (Wildman–Crippen LogP) is 5.03. The number of hydroxylamine groups is 2. The van der Waals surface area contributed by atoms with Crippen LogP contribution in [0.1, 0.15) is 43.7 Å². The molecule has 55 heavy (non-hydrogen) atoms. The van der Waals surface area contributed by atoms with Crippen LogP contribution in [0.5, 0.6) is 5.75 Å². The number of carbonyl (C=O) groups excluding carboxylic acids is 4. The highest BCUT2D eigenvalue weighted by Gasteiger charge is 2.33. The van der Waals surface area contributed by atoms with Crippen LogP contribution in [-0.4, -0.2) is 157 Å². The minimum absolute atomic E-state index is 0.0239. The second-order valence-corrected chi connectivity index (χ2v) is 16.4. The number of urea groups is 1. The highest BCUT2D eigenvalue weighted by Crippen LogP contribution is 2.34. The van der Waals surface area contributed by atoms with Crippen LogP contribution in [0.25, 0.3) is 0 Å². The number of aromatic hydroxyl groups is 1. The minimum Gasteiger partial charge on any atom is -0.506 e. The lowest BCUT2D eigenvalue weighted by Gasteiger charge is -2.43. The lowest BCUT2D eigenvalue weighted by atomic mass is 9.98. The van der Waals surface area contributed by atoms with E-state index in [1.54, 1.807) is 11.9 Å². The summed E-state index contributed by atoms with van der Waals surface area (Å²) in [4.78, 5) is 64.3. The Kier molecular flexibility index (Phi) is 15.6. The van der Waals surface area contributed by atoms with E-state index >= 15 is 0 Å². The van der Waals surface area contributed by atoms with Gasteiger partial charge in [-0.3, -0.25) is 24.2 Å². The lowest BCUT2D eigenvalue weighted by molar-refractivity contribution is -0.170. The maximum Gasteiger partial charge on any atom is 0.409 e. The molecule has 302 valence electrons. The van der Waals surface area contributed by atoms with Gasteiger partial charge in [0.1, 0.15) is 5.75 Å². The molecule has 0 saturated carbocycles. The minimum atomic E-state index is -0.286. The number of benzene rings is 2. The van der Waals surface area contributed by atoms with Crippen molar-refractivity contribution in [3.05, 3.63) is 56.5 Å². The quantitative estimate of drug-likeness (QED) is 0.350. The molecule has 4 aliphatic rings. The first-order valence-electron chi connectivity index (χ1n) is 19.1. The number of methoxy groups -OCH3 is 1. The van der Waals surface area contributed by atoms with Gasteiger partial charge in [0.15, 0.2) is 0 Å². The lowest BCUT2D eigenvalue weighted by Crippen LogP contribution is -2.55. The second-order valence-electron chi connectivity index (χ2n) is 14.7. The second kappa shape index (κ2) is 20.1. The van der Waals surface area contributed by atoms with E-state index in [-0.39, 0.29) is 41.6 Å². The summed E-state index contributed by atoms with van der Waals surface area (Å²) < 4.78 is 6.00. The van der Waals surface area contributed by atoms with E-state index in [1.165, 1.54) is 24.8 Å². The number of nitrogens with one attached hydrogen (secondary N) is 1. The number of rotatable bonds is 8. The fraction of sp³-hybridized carbons (Fsp3) is 0.590. The first-order chi connectivity index (χ1) is 26.4. The number of likely N-dealkylation sites (N-methyl/N-ethyl adjacent to an activating group) is 1. The van der Waals surface area contributed by atoms with Gasteiger partial charge in [-0.15, -0.1) is 0 Å². The Morgan fingerprint density at radius 2 is 1.51 bits per heavy atom. The van der Waals surface area contributed by atoms with Crippen molar-refractivity contribution in [1.29, 1.82) is 0 Å². The summed E-state index contributed by atoms with van der Waals surface area (Å²) in [5.41, 5.74) is 3.08. The fourth-order valence-electron chi connectivity index (χ4n) is 7.86. The van der Waals surface area contributed by atoms with Crippen molar-refractivity contribution in [2.75, 3.05) is 92.0 Å². The first kappa shape index (κ1) is 42.7. The fourth-order valence-corrected chi connectivity index (χ4v) is 9.14. The average Bonchev–Trinajstić information content (AvgIpc) is 3.37. The first-order valence-corrected chi connectivity index (χ1v) is 20.7. The largest absolute Gasteiger partial charge is 0.506 e. The van der Waals surface area contributed by atoms with E-state index in [4.69, 9.17) is 9.57 Å². The maximum absolute atomic E-state index is 13.0. The van der Waals surface area contributed by atoms with Gasteiger partial charge in [0, 0.05) is 89.6 Å². The van der Waals surface area contributed by atoms with Crippen molar-refractivity contribution in [3.63, 3.8) is 0 Å². The standard InChI is InChI=1S/C23H34Br2N4O4.C16H21N3O3/c1-16(12-17-13-19(24)22(31)20(25)14-17)23(32)29-10-8-28(9-11-29)18-4-6-27(7-5-18)15-21(30)26(2)33-3;1-22-16(21)18-9-7-13(8-10-18)19-11-6-12-4-2-3-5-14(12)17-15(19)20/h13-14,16,18,31H,4-12,15H2,1-3H3;2-5,13H,6-11H2,1H3,(H,17,20)/t16-;/m1./s1. The Morgan fingerprint density at radius 1 is 0.891 bits per heavy atom. The van der Waals surface area contributed by atoms with Gasteiger partial charge in [0.2, 0.25) is 5.91 Å². The highest BCUT2D eigenvalue weighted by atomic mass is 79.9. The highest BCUT2D eigenvalue weighted by molar-refractivity contribution is 9.11. The summed E-state index contributed by atoms with van der Waals surface area (Å²) in [6.07, 6.45) is 4.86. The van der Waals surface area contributed by atoms with Crippen LogP contribution in [-0.2, 0) is 32.0 Å². The Bertz CT molecular complexity index is 1620. The third-order valence-electron chi connectivity index (χ3n) is 11.2. The van der Waals surface area contributed by atoms with Gasteiger partial charge in [-0.05, 0) is 99.7 Å². The Hall–Kier alpha value is -3.44. The van der Waals surface area contributed by atoms with Gasteiger partial charge in [-0.25, -0.2) is 14.7 Å². The number of anilines is 1. The van der Waals surface area contributed by atoms with E-state index in [2.05, 4.69) is 53.0 Å².